The zero-order chi connectivity index (χ0) is 16.5. The molecule has 1 fully saturated rings. The van der Waals surface area contributed by atoms with Crippen LogP contribution in [-0.2, 0) is 24.1 Å². The van der Waals surface area contributed by atoms with Gasteiger partial charge in [-0.25, -0.2) is 4.98 Å². The van der Waals surface area contributed by atoms with E-state index >= 15 is 0 Å². The molecule has 1 aliphatic heterocycles. The third-order valence-corrected chi connectivity index (χ3v) is 6.12. The van der Waals surface area contributed by atoms with E-state index in [2.05, 4.69) is 9.88 Å². The lowest BCUT2D eigenvalue weighted by atomic mass is 9.97. The first kappa shape index (κ1) is 16.2. The number of nitrogens with zero attached hydrogens (tertiary/aromatic N) is 3. The number of hydrogen-bond acceptors (Lipinski definition) is 6. The predicted molar refractivity (Wildman–Crippen MR) is 93.8 cm³/mol. The van der Waals surface area contributed by atoms with Crippen LogP contribution in [0.3, 0.4) is 0 Å². The van der Waals surface area contributed by atoms with Gasteiger partial charge in [0.2, 0.25) is 0 Å². The van der Waals surface area contributed by atoms with Crippen molar-refractivity contribution in [3.63, 3.8) is 0 Å². The van der Waals surface area contributed by atoms with Crippen LogP contribution in [0.4, 0.5) is 0 Å². The van der Waals surface area contributed by atoms with E-state index in [0.29, 0.717) is 26.3 Å². The van der Waals surface area contributed by atoms with Crippen LogP contribution in [0.25, 0.3) is 10.2 Å². The maximum Gasteiger partial charge on any atom is 0.262 e. The summed E-state index contributed by atoms with van der Waals surface area (Å²) in [5.74, 6) is 0. The SMILES string of the molecule is O=c1c2c3c(sc2ncn1C[C@@H](O)CN1CCOCC1)CCCC3. The number of thiophene rings is 1. The van der Waals surface area contributed by atoms with Crippen LogP contribution in [0.2, 0.25) is 0 Å². The molecule has 3 heterocycles. The molecule has 0 saturated carbocycles. The number of rotatable bonds is 4. The lowest BCUT2D eigenvalue weighted by Crippen LogP contribution is -2.42. The molecule has 0 spiro atoms. The Hall–Kier alpha value is -1.28. The van der Waals surface area contributed by atoms with Gasteiger partial charge in [0.25, 0.3) is 5.56 Å². The number of morpholine rings is 1. The molecule has 0 unspecified atom stereocenters. The first-order valence-corrected chi connectivity index (χ1v) is 9.52. The van der Waals surface area contributed by atoms with Gasteiger partial charge in [-0.15, -0.1) is 11.3 Å². The molecule has 2 aromatic rings. The van der Waals surface area contributed by atoms with E-state index in [9.17, 15) is 9.90 Å². The van der Waals surface area contributed by atoms with E-state index in [1.165, 1.54) is 16.9 Å². The van der Waals surface area contributed by atoms with Crippen LogP contribution in [0.5, 0.6) is 0 Å². The minimum absolute atomic E-state index is 0.000396. The van der Waals surface area contributed by atoms with E-state index in [0.717, 1.165) is 42.6 Å². The minimum atomic E-state index is -0.575. The highest BCUT2D eigenvalue weighted by atomic mass is 32.1. The van der Waals surface area contributed by atoms with Gasteiger partial charge >= 0.3 is 0 Å². The van der Waals surface area contributed by atoms with Gasteiger partial charge in [-0.3, -0.25) is 14.3 Å². The van der Waals surface area contributed by atoms with Crippen molar-refractivity contribution < 1.29 is 9.84 Å². The maximum atomic E-state index is 12.9. The fourth-order valence-corrected chi connectivity index (χ4v) is 4.90. The summed E-state index contributed by atoms with van der Waals surface area (Å²) in [7, 11) is 0. The first-order valence-electron chi connectivity index (χ1n) is 8.70. The van der Waals surface area contributed by atoms with Gasteiger partial charge in [0, 0.05) is 24.5 Å². The summed E-state index contributed by atoms with van der Waals surface area (Å²) < 4.78 is 6.90. The van der Waals surface area contributed by atoms with Crippen LogP contribution in [-0.4, -0.2) is 58.5 Å². The molecule has 2 aliphatic rings. The van der Waals surface area contributed by atoms with Crippen molar-refractivity contribution >= 4 is 21.6 Å². The molecule has 1 N–H and O–H groups in total. The smallest absolute Gasteiger partial charge is 0.262 e. The molecule has 4 rings (SSSR count). The monoisotopic (exact) mass is 349 g/mol. The number of aliphatic hydroxyl groups excluding tert-OH is 1. The summed E-state index contributed by atoms with van der Waals surface area (Å²) in [5, 5.41) is 11.2. The van der Waals surface area contributed by atoms with Crippen LogP contribution in [0.15, 0.2) is 11.1 Å². The molecule has 24 heavy (non-hydrogen) atoms. The standard InChI is InChI=1S/C17H23N3O3S/c21-12(9-19-5-7-23-8-6-19)10-20-11-18-16-15(17(20)22)13-3-1-2-4-14(13)24-16/h11-12,21H,1-10H2/t12-/m0/s1. The second kappa shape index (κ2) is 6.92. The molecule has 1 aliphatic carbocycles. The number of aromatic nitrogens is 2. The van der Waals surface area contributed by atoms with Crippen molar-refractivity contribution in [2.75, 3.05) is 32.8 Å². The number of ether oxygens (including phenoxy) is 1. The van der Waals surface area contributed by atoms with Crippen LogP contribution >= 0.6 is 11.3 Å². The number of aryl methyl sites for hydroxylation is 2. The molecule has 1 atom stereocenters. The Labute approximate surface area is 144 Å². The van der Waals surface area contributed by atoms with Crippen molar-refractivity contribution in [3.05, 3.63) is 27.1 Å². The number of β-amino-alcohol motifs (C(OH)–C–C–N with tert-alkyl or cyclic N) is 1. The van der Waals surface area contributed by atoms with Crippen molar-refractivity contribution in [1.82, 2.24) is 14.5 Å². The van der Waals surface area contributed by atoms with Crippen LogP contribution in [0.1, 0.15) is 23.3 Å². The van der Waals surface area contributed by atoms with E-state index < -0.39 is 6.10 Å². The number of hydrogen-bond donors (Lipinski definition) is 1. The van der Waals surface area contributed by atoms with Gasteiger partial charge in [-0.2, -0.15) is 0 Å². The highest BCUT2D eigenvalue weighted by Crippen LogP contribution is 2.33. The summed E-state index contributed by atoms with van der Waals surface area (Å²) >= 11 is 1.66. The summed E-state index contributed by atoms with van der Waals surface area (Å²) in [5.41, 5.74) is 1.20. The van der Waals surface area contributed by atoms with Gasteiger partial charge < -0.3 is 9.84 Å². The average Bonchev–Trinajstić information content (AvgIpc) is 2.97. The molecule has 0 bridgehead atoms. The quantitative estimate of drug-likeness (QED) is 0.893. The normalized spacial score (nSPS) is 20.2. The first-order chi connectivity index (χ1) is 11.7. The third kappa shape index (κ3) is 3.13. The van der Waals surface area contributed by atoms with E-state index in [4.69, 9.17) is 4.74 Å². The van der Waals surface area contributed by atoms with E-state index in [-0.39, 0.29) is 5.56 Å². The Bertz CT molecular complexity index is 779. The summed E-state index contributed by atoms with van der Waals surface area (Å²) in [6.45, 7) is 3.95. The molecule has 130 valence electrons. The minimum Gasteiger partial charge on any atom is -0.390 e. The second-order valence-electron chi connectivity index (χ2n) is 6.66. The molecule has 1 saturated heterocycles. The van der Waals surface area contributed by atoms with Crippen molar-refractivity contribution in [1.29, 1.82) is 0 Å². The lowest BCUT2D eigenvalue weighted by Gasteiger charge is -2.28. The molecule has 0 amide bonds. The van der Waals surface area contributed by atoms with Gasteiger partial charge in [-0.05, 0) is 31.2 Å². The summed E-state index contributed by atoms with van der Waals surface area (Å²) in [6, 6.07) is 0. The Morgan fingerprint density at radius 1 is 1.25 bits per heavy atom. The second-order valence-corrected chi connectivity index (χ2v) is 7.74. The van der Waals surface area contributed by atoms with Gasteiger partial charge in [0.05, 0.1) is 37.6 Å². The summed E-state index contributed by atoms with van der Waals surface area (Å²) in [6.07, 6.45) is 5.41. The fraction of sp³-hybridized carbons (Fsp3) is 0.647. The third-order valence-electron chi connectivity index (χ3n) is 4.92. The largest absolute Gasteiger partial charge is 0.390 e. The number of fused-ring (bicyclic) bond motifs is 3. The van der Waals surface area contributed by atoms with Crippen LogP contribution < -0.4 is 5.56 Å². The van der Waals surface area contributed by atoms with Crippen molar-refractivity contribution in [2.24, 2.45) is 0 Å². The molecule has 0 aromatic carbocycles. The molecular formula is C17H23N3O3S. The van der Waals surface area contributed by atoms with E-state index in [1.807, 2.05) is 0 Å². The zero-order valence-electron chi connectivity index (χ0n) is 13.7. The Kier molecular flexibility index (Phi) is 4.67. The molecule has 0 radical (unpaired) electrons. The predicted octanol–water partition coefficient (Wildman–Crippen LogP) is 1.03. The average molecular weight is 349 g/mol. The van der Waals surface area contributed by atoms with Gasteiger partial charge in [0.15, 0.2) is 0 Å². The molecule has 6 nitrogen and oxygen atoms in total. The van der Waals surface area contributed by atoms with Crippen LogP contribution in [0, 0.1) is 0 Å². The van der Waals surface area contributed by atoms with Crippen molar-refractivity contribution in [3.8, 4) is 0 Å². The maximum absolute atomic E-state index is 12.9. The van der Waals surface area contributed by atoms with Gasteiger partial charge in [0.1, 0.15) is 4.83 Å². The number of aliphatic hydroxyl groups is 1. The van der Waals surface area contributed by atoms with E-state index in [1.54, 1.807) is 22.2 Å². The highest BCUT2D eigenvalue weighted by Gasteiger charge is 2.21. The fourth-order valence-electron chi connectivity index (χ4n) is 3.68. The summed E-state index contributed by atoms with van der Waals surface area (Å²) in [4.78, 5) is 21.7. The highest BCUT2D eigenvalue weighted by molar-refractivity contribution is 7.18. The topological polar surface area (TPSA) is 67.6 Å². The molecule has 7 heteroatoms. The Balaban J connectivity index is 1.55. The lowest BCUT2D eigenvalue weighted by molar-refractivity contribution is 0.0113. The van der Waals surface area contributed by atoms with Gasteiger partial charge in [-0.1, -0.05) is 0 Å². The molecule has 2 aromatic heterocycles. The zero-order valence-corrected chi connectivity index (χ0v) is 14.6. The Morgan fingerprint density at radius 3 is 2.88 bits per heavy atom. The Morgan fingerprint density at radius 2 is 2.04 bits per heavy atom. The van der Waals surface area contributed by atoms with Crippen molar-refractivity contribution in [2.45, 2.75) is 38.3 Å². The molecular weight excluding hydrogens is 326 g/mol.